The number of carbonyl (C=O) groups excluding carboxylic acids is 1. The van der Waals surface area contributed by atoms with Crippen LogP contribution in [0.3, 0.4) is 0 Å². The first-order valence-corrected chi connectivity index (χ1v) is 8.66. The van der Waals surface area contributed by atoms with E-state index in [1.807, 2.05) is 19.9 Å². The van der Waals surface area contributed by atoms with E-state index in [-0.39, 0.29) is 5.91 Å². The number of aryl methyl sites for hydroxylation is 1. The SMILES string of the molecule is CCOc1cc(C)c(/C=N\NC(=O)c2cccc(Cl)c2)cc1C(C)C. The van der Waals surface area contributed by atoms with Crippen LogP contribution in [0.25, 0.3) is 0 Å². The van der Waals surface area contributed by atoms with E-state index < -0.39 is 0 Å². The molecule has 132 valence electrons. The molecule has 0 aliphatic heterocycles. The van der Waals surface area contributed by atoms with Gasteiger partial charge in [0.2, 0.25) is 0 Å². The predicted octanol–water partition coefficient (Wildman–Crippen LogP) is 4.93. The van der Waals surface area contributed by atoms with Crippen molar-refractivity contribution in [1.29, 1.82) is 0 Å². The van der Waals surface area contributed by atoms with E-state index in [1.54, 1.807) is 30.5 Å². The van der Waals surface area contributed by atoms with Crippen LogP contribution in [0.4, 0.5) is 0 Å². The number of hydrogen-bond acceptors (Lipinski definition) is 3. The average molecular weight is 359 g/mol. The molecule has 0 aromatic heterocycles. The Balaban J connectivity index is 2.17. The van der Waals surface area contributed by atoms with Crippen LogP contribution in [0.1, 0.15) is 53.7 Å². The fraction of sp³-hybridized carbons (Fsp3) is 0.300. The second-order valence-electron chi connectivity index (χ2n) is 6.04. The number of amides is 1. The maximum absolute atomic E-state index is 12.1. The summed E-state index contributed by atoms with van der Waals surface area (Å²) in [5.41, 5.74) is 6.10. The van der Waals surface area contributed by atoms with Crippen LogP contribution < -0.4 is 10.2 Å². The van der Waals surface area contributed by atoms with Gasteiger partial charge in [0.05, 0.1) is 12.8 Å². The third kappa shape index (κ3) is 5.07. The van der Waals surface area contributed by atoms with E-state index >= 15 is 0 Å². The van der Waals surface area contributed by atoms with Gasteiger partial charge in [-0.3, -0.25) is 4.79 Å². The van der Waals surface area contributed by atoms with Crippen molar-refractivity contribution in [2.24, 2.45) is 5.10 Å². The molecule has 0 bridgehead atoms. The van der Waals surface area contributed by atoms with Crippen LogP contribution in [0.5, 0.6) is 5.75 Å². The van der Waals surface area contributed by atoms with Gasteiger partial charge in [0, 0.05) is 10.6 Å². The van der Waals surface area contributed by atoms with Gasteiger partial charge in [0.25, 0.3) is 5.91 Å². The quantitative estimate of drug-likeness (QED) is 0.587. The molecule has 0 unspecified atom stereocenters. The maximum atomic E-state index is 12.1. The minimum Gasteiger partial charge on any atom is -0.494 e. The molecule has 0 heterocycles. The van der Waals surface area contributed by atoms with Crippen molar-refractivity contribution in [3.63, 3.8) is 0 Å². The molecule has 0 radical (unpaired) electrons. The third-order valence-corrected chi connectivity index (χ3v) is 4.01. The van der Waals surface area contributed by atoms with E-state index in [4.69, 9.17) is 16.3 Å². The molecule has 4 nitrogen and oxygen atoms in total. The van der Waals surface area contributed by atoms with E-state index in [9.17, 15) is 4.79 Å². The number of benzene rings is 2. The van der Waals surface area contributed by atoms with Gasteiger partial charge in [-0.25, -0.2) is 5.43 Å². The zero-order chi connectivity index (χ0) is 18.4. The number of halogens is 1. The zero-order valence-corrected chi connectivity index (χ0v) is 15.7. The molecule has 0 atom stereocenters. The Kier molecular flexibility index (Phi) is 6.59. The van der Waals surface area contributed by atoms with Crippen molar-refractivity contribution < 1.29 is 9.53 Å². The molecule has 0 aliphatic rings. The van der Waals surface area contributed by atoms with Gasteiger partial charge < -0.3 is 4.74 Å². The maximum Gasteiger partial charge on any atom is 0.271 e. The fourth-order valence-corrected chi connectivity index (χ4v) is 2.63. The molecule has 1 amide bonds. The summed E-state index contributed by atoms with van der Waals surface area (Å²) in [6.07, 6.45) is 1.65. The van der Waals surface area contributed by atoms with Crippen molar-refractivity contribution in [2.45, 2.75) is 33.6 Å². The normalized spacial score (nSPS) is 11.1. The van der Waals surface area contributed by atoms with Crippen LogP contribution >= 0.6 is 11.6 Å². The minimum atomic E-state index is -0.300. The summed E-state index contributed by atoms with van der Waals surface area (Å²) in [6.45, 7) is 8.83. The standard InChI is InChI=1S/C20H23ClN2O2/c1-5-25-19-9-14(4)16(11-18(19)13(2)3)12-22-23-20(24)15-7-6-8-17(21)10-15/h6-13H,5H2,1-4H3,(H,23,24)/b22-12-. The number of rotatable bonds is 6. The highest BCUT2D eigenvalue weighted by molar-refractivity contribution is 6.30. The monoisotopic (exact) mass is 358 g/mol. The molecule has 5 heteroatoms. The number of carbonyl (C=O) groups is 1. The summed E-state index contributed by atoms with van der Waals surface area (Å²) < 4.78 is 5.72. The number of ether oxygens (including phenoxy) is 1. The number of nitrogens with zero attached hydrogens (tertiary/aromatic N) is 1. The van der Waals surface area contributed by atoms with Gasteiger partial charge in [0.1, 0.15) is 5.75 Å². The lowest BCUT2D eigenvalue weighted by Crippen LogP contribution is -2.17. The van der Waals surface area contributed by atoms with E-state index in [0.29, 0.717) is 23.1 Å². The lowest BCUT2D eigenvalue weighted by atomic mass is 9.97. The molecule has 0 spiro atoms. The highest BCUT2D eigenvalue weighted by Gasteiger charge is 2.11. The molecule has 0 fully saturated rings. The Morgan fingerprint density at radius 2 is 2.08 bits per heavy atom. The summed E-state index contributed by atoms with van der Waals surface area (Å²) in [5.74, 6) is 0.928. The molecule has 2 aromatic carbocycles. The summed E-state index contributed by atoms with van der Waals surface area (Å²) in [5, 5.41) is 4.59. The number of hydrazone groups is 1. The van der Waals surface area contributed by atoms with Crippen molar-refractivity contribution in [2.75, 3.05) is 6.61 Å². The fourth-order valence-electron chi connectivity index (χ4n) is 2.44. The van der Waals surface area contributed by atoms with Crippen molar-refractivity contribution >= 4 is 23.7 Å². The lowest BCUT2D eigenvalue weighted by molar-refractivity contribution is 0.0955. The Morgan fingerprint density at radius 1 is 1.32 bits per heavy atom. The average Bonchev–Trinajstić information content (AvgIpc) is 2.56. The number of hydrogen-bond donors (Lipinski definition) is 1. The Labute approximate surface area is 153 Å². The zero-order valence-electron chi connectivity index (χ0n) is 15.0. The van der Waals surface area contributed by atoms with Gasteiger partial charge in [0.15, 0.2) is 0 Å². The van der Waals surface area contributed by atoms with E-state index in [1.165, 1.54) is 0 Å². The Hall–Kier alpha value is -2.33. The molecule has 1 N–H and O–H groups in total. The van der Waals surface area contributed by atoms with Gasteiger partial charge in [-0.15, -0.1) is 0 Å². The first-order chi connectivity index (χ1) is 11.9. The lowest BCUT2D eigenvalue weighted by Gasteiger charge is -2.15. The van der Waals surface area contributed by atoms with Gasteiger partial charge in [-0.2, -0.15) is 5.10 Å². The largest absolute Gasteiger partial charge is 0.494 e. The molecular weight excluding hydrogens is 336 g/mol. The van der Waals surface area contributed by atoms with Crippen LogP contribution in [-0.4, -0.2) is 18.7 Å². The molecule has 0 aliphatic carbocycles. The molecular formula is C20H23ClN2O2. The topological polar surface area (TPSA) is 50.7 Å². The van der Waals surface area contributed by atoms with Gasteiger partial charge in [-0.1, -0.05) is 31.5 Å². The molecule has 0 saturated carbocycles. The van der Waals surface area contributed by atoms with Crippen LogP contribution in [0, 0.1) is 6.92 Å². The third-order valence-electron chi connectivity index (χ3n) is 3.78. The molecule has 25 heavy (non-hydrogen) atoms. The summed E-state index contributed by atoms with van der Waals surface area (Å²) in [7, 11) is 0. The smallest absolute Gasteiger partial charge is 0.271 e. The summed E-state index contributed by atoms with van der Waals surface area (Å²) >= 11 is 5.90. The highest BCUT2D eigenvalue weighted by atomic mass is 35.5. The van der Waals surface area contributed by atoms with Crippen LogP contribution in [-0.2, 0) is 0 Å². The Bertz CT molecular complexity index is 785. The summed E-state index contributed by atoms with van der Waals surface area (Å²) in [4.78, 5) is 12.1. The van der Waals surface area contributed by atoms with Crippen molar-refractivity contribution in [3.8, 4) is 5.75 Å². The van der Waals surface area contributed by atoms with Gasteiger partial charge in [-0.05, 0) is 66.8 Å². The van der Waals surface area contributed by atoms with Crippen molar-refractivity contribution in [3.05, 3.63) is 63.7 Å². The van der Waals surface area contributed by atoms with Gasteiger partial charge >= 0.3 is 0 Å². The predicted molar refractivity (Wildman–Crippen MR) is 103 cm³/mol. The number of nitrogens with one attached hydrogen (secondary N) is 1. The van der Waals surface area contributed by atoms with Crippen molar-refractivity contribution in [1.82, 2.24) is 5.43 Å². The molecule has 2 aromatic rings. The second kappa shape index (κ2) is 8.67. The second-order valence-corrected chi connectivity index (χ2v) is 6.48. The minimum absolute atomic E-state index is 0.300. The van der Waals surface area contributed by atoms with Crippen LogP contribution in [0.15, 0.2) is 41.5 Å². The van der Waals surface area contributed by atoms with E-state index in [0.717, 1.165) is 22.4 Å². The van der Waals surface area contributed by atoms with E-state index in [2.05, 4.69) is 30.4 Å². The first-order valence-electron chi connectivity index (χ1n) is 8.28. The highest BCUT2D eigenvalue weighted by Crippen LogP contribution is 2.29. The first kappa shape index (κ1) is 19.0. The molecule has 2 rings (SSSR count). The van der Waals surface area contributed by atoms with Crippen LogP contribution in [0.2, 0.25) is 5.02 Å². The molecule has 0 saturated heterocycles. The summed E-state index contributed by atoms with van der Waals surface area (Å²) in [6, 6.07) is 10.8. The Morgan fingerprint density at radius 3 is 2.72 bits per heavy atom.